The van der Waals surface area contributed by atoms with Crippen LogP contribution in [0.2, 0.25) is 0 Å². The molecule has 4 aliphatic rings. The first kappa shape index (κ1) is 35.6. The zero-order valence-corrected chi connectivity index (χ0v) is 29.9. The van der Waals surface area contributed by atoms with E-state index >= 15 is 0 Å². The van der Waals surface area contributed by atoms with Crippen LogP contribution in [0.4, 0.5) is 10.5 Å². The summed E-state index contributed by atoms with van der Waals surface area (Å²) in [6.07, 6.45) is 0.603. The lowest BCUT2D eigenvalue weighted by Crippen LogP contribution is -2.61. The molecule has 1 aromatic heterocycles. The highest BCUT2D eigenvalue weighted by Crippen LogP contribution is 2.35. The Labute approximate surface area is 304 Å². The van der Waals surface area contributed by atoms with Gasteiger partial charge in [0.25, 0.3) is 11.8 Å². The number of nitrogens with zero attached hydrogens (tertiary/aromatic N) is 4. The smallest absolute Gasteiger partial charge is 0.408 e. The van der Waals surface area contributed by atoms with Crippen LogP contribution in [-0.4, -0.2) is 104 Å². The van der Waals surface area contributed by atoms with Crippen LogP contribution in [0, 0.1) is 6.92 Å². The summed E-state index contributed by atoms with van der Waals surface area (Å²) in [5, 5.41) is 12.4. The van der Waals surface area contributed by atoms with Crippen molar-refractivity contribution in [3.8, 4) is 0 Å². The molecule has 0 radical (unpaired) electrons. The molecule has 1 unspecified atom stereocenters. The fraction of sp³-hybridized carbons (Fsp3) is 0.459. The van der Waals surface area contributed by atoms with Crippen molar-refractivity contribution in [1.82, 2.24) is 30.5 Å². The standard InChI is InChI=1S/C37H41N7O9/c1-19-8-12-28-22(16-19)30(41-53-28)35(50)42-15-14-20-9-10-27(44(20)34(49)25(18-42)39-36(51)52-37(2,3)4)32(47)38-24-7-5-6-21-23(24)17-43(33(21)48)26-11-13-29(45)40-31(26)46/h5-8,12,16,20,25-27H,9-11,13-15,17-18H2,1-4H3,(H,38,47)(H,39,51)(H,40,45,46)/t20-,25+,26?,27+/m1/s1. The SMILES string of the molecule is Cc1ccc2onc(C(=O)N3CC[C@H]4CC[C@@H](C(=O)Nc5cccc6c5CN(C5CCC(=O)NC5=O)C6=O)N4C(=O)[C@@H](NC(=O)OC(C)(C)C)C3)c2c1. The molecule has 3 fully saturated rings. The third-order valence-electron chi connectivity index (χ3n) is 10.1. The van der Waals surface area contributed by atoms with Gasteiger partial charge in [0.05, 0.1) is 11.9 Å². The van der Waals surface area contributed by atoms with Crippen LogP contribution in [0.15, 0.2) is 40.9 Å². The predicted octanol–water partition coefficient (Wildman–Crippen LogP) is 2.63. The molecular formula is C37H41N7O9. The molecule has 0 aliphatic carbocycles. The number of benzene rings is 2. The third kappa shape index (κ3) is 6.92. The Hall–Kier alpha value is -5.80. The molecule has 4 atom stereocenters. The molecule has 3 N–H and O–H groups in total. The number of anilines is 1. The number of piperidine rings is 1. The first-order valence-corrected chi connectivity index (χ1v) is 17.7. The van der Waals surface area contributed by atoms with E-state index in [1.165, 1.54) is 14.7 Å². The van der Waals surface area contributed by atoms with Crippen molar-refractivity contribution in [3.05, 3.63) is 58.8 Å². The summed E-state index contributed by atoms with van der Waals surface area (Å²) in [6, 6.07) is 6.86. The highest BCUT2D eigenvalue weighted by molar-refractivity contribution is 6.08. The van der Waals surface area contributed by atoms with Crippen molar-refractivity contribution in [2.75, 3.05) is 18.4 Å². The minimum Gasteiger partial charge on any atom is -0.444 e. The van der Waals surface area contributed by atoms with Gasteiger partial charge >= 0.3 is 6.09 Å². The van der Waals surface area contributed by atoms with Crippen molar-refractivity contribution < 1.29 is 42.8 Å². The Bertz CT molecular complexity index is 2050. The maximum atomic E-state index is 14.5. The Morgan fingerprint density at radius 1 is 1.02 bits per heavy atom. The second kappa shape index (κ2) is 13.6. The molecule has 7 amide bonds. The highest BCUT2D eigenvalue weighted by atomic mass is 16.6. The summed E-state index contributed by atoms with van der Waals surface area (Å²) < 4.78 is 10.9. The van der Waals surface area contributed by atoms with Crippen molar-refractivity contribution in [3.63, 3.8) is 0 Å². The molecule has 0 bridgehead atoms. The quantitative estimate of drug-likeness (QED) is 0.328. The number of amides is 7. The molecule has 3 saturated heterocycles. The largest absolute Gasteiger partial charge is 0.444 e. The normalized spacial score (nSPS) is 23.3. The Balaban J connectivity index is 1.12. The Morgan fingerprint density at radius 3 is 2.57 bits per heavy atom. The summed E-state index contributed by atoms with van der Waals surface area (Å²) in [5.41, 5.74) is 1.81. The molecule has 0 saturated carbocycles. The predicted molar refractivity (Wildman–Crippen MR) is 187 cm³/mol. The number of aromatic nitrogens is 1. The van der Waals surface area contributed by atoms with Crippen LogP contribution in [-0.2, 0) is 30.5 Å². The zero-order chi connectivity index (χ0) is 37.8. The number of rotatable bonds is 5. The van der Waals surface area contributed by atoms with Crippen LogP contribution in [0.25, 0.3) is 11.0 Å². The maximum Gasteiger partial charge on any atom is 0.408 e. The molecular weight excluding hydrogens is 686 g/mol. The number of alkyl carbamates (subject to hydrolysis) is 1. The second-order valence-electron chi connectivity index (χ2n) is 15.0. The highest BCUT2D eigenvalue weighted by Gasteiger charge is 2.47. The van der Waals surface area contributed by atoms with Crippen LogP contribution in [0.1, 0.15) is 84.8 Å². The van der Waals surface area contributed by atoms with Gasteiger partial charge in [-0.15, -0.1) is 0 Å². The summed E-state index contributed by atoms with van der Waals surface area (Å²) >= 11 is 0. The number of ether oxygens (including phenoxy) is 1. The van der Waals surface area contributed by atoms with Crippen LogP contribution >= 0.6 is 0 Å². The van der Waals surface area contributed by atoms with Gasteiger partial charge in [-0.25, -0.2) is 4.79 Å². The minimum absolute atomic E-state index is 0.0545. The Kier molecular flexibility index (Phi) is 9.16. The van der Waals surface area contributed by atoms with Crippen LogP contribution in [0.3, 0.4) is 0 Å². The number of nitrogens with one attached hydrogen (secondary N) is 3. The summed E-state index contributed by atoms with van der Waals surface area (Å²) in [5.74, 6) is -2.80. The number of imide groups is 1. The van der Waals surface area contributed by atoms with E-state index in [1.54, 1.807) is 51.1 Å². The van der Waals surface area contributed by atoms with E-state index in [9.17, 15) is 33.6 Å². The van der Waals surface area contributed by atoms with Crippen LogP contribution in [0.5, 0.6) is 0 Å². The van der Waals surface area contributed by atoms with Crippen molar-refractivity contribution >= 4 is 58.2 Å². The van der Waals surface area contributed by atoms with E-state index in [0.717, 1.165) is 5.56 Å². The number of carbonyl (C=O) groups excluding carboxylic acids is 7. The molecule has 53 heavy (non-hydrogen) atoms. The second-order valence-corrected chi connectivity index (χ2v) is 15.0. The summed E-state index contributed by atoms with van der Waals surface area (Å²) in [7, 11) is 0. The lowest BCUT2D eigenvalue weighted by molar-refractivity contribution is -0.141. The van der Waals surface area contributed by atoms with Crippen molar-refractivity contribution in [2.45, 2.75) is 96.1 Å². The summed E-state index contributed by atoms with van der Waals surface area (Å²) in [4.78, 5) is 97.6. The fourth-order valence-corrected chi connectivity index (χ4v) is 7.65. The lowest BCUT2D eigenvalue weighted by Gasteiger charge is -2.38. The molecule has 278 valence electrons. The van der Waals surface area contributed by atoms with Crippen molar-refractivity contribution in [2.24, 2.45) is 0 Å². The van der Waals surface area contributed by atoms with Gasteiger partial charge in [0.15, 0.2) is 11.3 Å². The van der Waals surface area contributed by atoms with Crippen molar-refractivity contribution in [1.29, 1.82) is 0 Å². The maximum absolute atomic E-state index is 14.5. The van der Waals surface area contributed by atoms with E-state index in [1.807, 2.05) is 13.0 Å². The molecule has 4 aliphatic heterocycles. The first-order chi connectivity index (χ1) is 25.2. The molecule has 3 aromatic rings. The molecule has 7 rings (SSSR count). The zero-order valence-electron chi connectivity index (χ0n) is 29.9. The molecule has 16 heteroatoms. The molecule has 2 aromatic carbocycles. The minimum atomic E-state index is -1.26. The van der Waals surface area contributed by atoms with Gasteiger partial charge in [-0.3, -0.25) is 34.1 Å². The third-order valence-corrected chi connectivity index (χ3v) is 10.1. The molecule has 16 nitrogen and oxygen atoms in total. The van der Waals surface area contributed by atoms with Gasteiger partial charge in [-0.1, -0.05) is 22.9 Å². The molecule has 0 spiro atoms. The number of hydrogen-bond acceptors (Lipinski definition) is 10. The van der Waals surface area contributed by atoms with E-state index in [0.29, 0.717) is 47.0 Å². The molecule has 5 heterocycles. The number of fused-ring (bicyclic) bond motifs is 3. The van der Waals surface area contributed by atoms with E-state index in [4.69, 9.17) is 9.26 Å². The average molecular weight is 728 g/mol. The number of hydrogen-bond donors (Lipinski definition) is 3. The van der Waals surface area contributed by atoms with Crippen LogP contribution < -0.4 is 16.0 Å². The fourth-order valence-electron chi connectivity index (χ4n) is 7.65. The number of aryl methyl sites for hydroxylation is 1. The monoisotopic (exact) mass is 727 g/mol. The van der Waals surface area contributed by atoms with Gasteiger partial charge in [-0.2, -0.15) is 0 Å². The van der Waals surface area contributed by atoms with E-state index in [2.05, 4.69) is 21.1 Å². The summed E-state index contributed by atoms with van der Waals surface area (Å²) in [6.45, 7) is 7.01. The topological polar surface area (TPSA) is 201 Å². The van der Waals surface area contributed by atoms with Gasteiger partial charge in [0.2, 0.25) is 23.6 Å². The van der Waals surface area contributed by atoms with Gasteiger partial charge in [-0.05, 0) is 77.6 Å². The van der Waals surface area contributed by atoms with Gasteiger partial charge < -0.3 is 34.6 Å². The average Bonchev–Trinajstić information content (AvgIpc) is 3.80. The van der Waals surface area contributed by atoms with E-state index in [-0.39, 0.29) is 44.1 Å². The van der Waals surface area contributed by atoms with E-state index < -0.39 is 65.4 Å². The Morgan fingerprint density at radius 2 is 1.81 bits per heavy atom. The van der Waals surface area contributed by atoms with Gasteiger partial charge in [0.1, 0.15) is 23.7 Å². The first-order valence-electron chi connectivity index (χ1n) is 17.7. The van der Waals surface area contributed by atoms with Gasteiger partial charge in [0, 0.05) is 42.4 Å². The lowest BCUT2D eigenvalue weighted by atomic mass is 10.0. The number of carbonyl (C=O) groups is 7.